The largest absolute Gasteiger partial charge is 0.412 e. The van der Waals surface area contributed by atoms with E-state index in [9.17, 15) is 0 Å². The lowest BCUT2D eigenvalue weighted by Crippen LogP contribution is -0.481. The maximum absolute atomic E-state index is 0. The Morgan fingerprint density at radius 1 is 0.429 bits per heavy atom. The summed E-state index contributed by atoms with van der Waals surface area (Å²) < 4.78 is 0. The van der Waals surface area contributed by atoms with Crippen molar-refractivity contribution in [2.75, 3.05) is 0 Å². The Morgan fingerprint density at radius 3 is 0.429 bits per heavy atom. The Bertz CT molecular complexity index is 10.1. The second-order valence-corrected chi connectivity index (χ2v) is 0. The van der Waals surface area contributed by atoms with Crippen LogP contribution in [-0.4, -0.2) is 16.4 Å². The fraction of sp³-hybridized carbons (Fsp3) is 0. The molecule has 7 heavy (non-hydrogen) atoms. The van der Waals surface area contributed by atoms with Gasteiger partial charge in [0.15, 0.2) is 0 Å². The fourth-order valence-corrected chi connectivity index (χ4v) is 0. The van der Waals surface area contributed by atoms with E-state index in [1.807, 2.05) is 0 Å². The van der Waals surface area contributed by atoms with Crippen molar-refractivity contribution in [2.45, 2.75) is 0 Å². The van der Waals surface area contributed by atoms with Crippen LogP contribution in [0.5, 0.6) is 0 Å². The van der Waals surface area contributed by atoms with Gasteiger partial charge in [-0.2, -0.15) is 0 Å². The summed E-state index contributed by atoms with van der Waals surface area (Å²) in [5.41, 5.74) is 0. The average Bonchev–Trinajstić information content (AvgIpc) is 0. The first-order valence-corrected chi connectivity index (χ1v) is 0. The van der Waals surface area contributed by atoms with E-state index >= 15 is 0 Å². The van der Waals surface area contributed by atoms with Crippen molar-refractivity contribution >= 4 is 37.2 Å². The summed E-state index contributed by atoms with van der Waals surface area (Å²) in [4.78, 5) is 0. The molecule has 0 unspecified atom stereocenters. The molecule has 7 heteroatoms. The van der Waals surface area contributed by atoms with Crippen molar-refractivity contribution in [3.63, 3.8) is 0 Å². The predicted molar refractivity (Wildman–Crippen MR) is 37.6 cm³/mol. The standard InChI is InChI=1S/3ClH.H3N.3H2O/h3*1H;1H3;3*1H2. The number of halogens is 3. The molecule has 0 radical (unpaired) electrons. The minimum Gasteiger partial charge on any atom is -0.412 e. The Kier molecular flexibility index (Phi) is 42700. The predicted octanol–water partition coefficient (Wildman–Crippen LogP) is -1.05. The molecule has 9 N–H and O–H groups in total. The molecule has 56 valence electrons. The highest BCUT2D eigenvalue weighted by Gasteiger charge is -0.145. The maximum atomic E-state index is 0. The zero-order valence-electron chi connectivity index (χ0n) is 3.43. The topological polar surface area (TPSA) is 130 Å². The summed E-state index contributed by atoms with van der Waals surface area (Å²) >= 11 is 0. The van der Waals surface area contributed by atoms with Crippen molar-refractivity contribution in [3.8, 4) is 0 Å². The smallest absolute Gasteiger partial charge is 0.147 e. The van der Waals surface area contributed by atoms with Gasteiger partial charge in [0.25, 0.3) is 0 Å². The van der Waals surface area contributed by atoms with Crippen LogP contribution in [0, 0.1) is 0 Å². The Labute approximate surface area is 60.4 Å². The third kappa shape index (κ3) is 295. The van der Waals surface area contributed by atoms with Gasteiger partial charge in [-0.05, 0) is 0 Å². The Hall–Kier alpha value is 0.710. The third-order valence-electron chi connectivity index (χ3n) is 0. The molecule has 0 aromatic carbocycles. The molecular formula is H12Cl3NO3. The van der Waals surface area contributed by atoms with Crippen molar-refractivity contribution in [1.29, 1.82) is 0 Å². The fourth-order valence-electron chi connectivity index (χ4n) is 0. The summed E-state index contributed by atoms with van der Waals surface area (Å²) in [5.74, 6) is 0. The molecule has 0 aliphatic carbocycles. The van der Waals surface area contributed by atoms with Crippen molar-refractivity contribution in [3.05, 3.63) is 0 Å². The van der Waals surface area contributed by atoms with E-state index in [0.29, 0.717) is 0 Å². The van der Waals surface area contributed by atoms with Crippen molar-refractivity contribution in [2.24, 2.45) is 0 Å². The highest BCUT2D eigenvalue weighted by Crippen LogP contribution is 0.692. The van der Waals surface area contributed by atoms with Gasteiger partial charge < -0.3 is 22.6 Å². The lowest BCUT2D eigenvalue weighted by Gasteiger charge is -0.413. The van der Waals surface area contributed by atoms with E-state index in [4.69, 9.17) is 0 Å². The van der Waals surface area contributed by atoms with E-state index in [1.165, 1.54) is 0 Å². The van der Waals surface area contributed by atoms with Crippen LogP contribution in [0.25, 0.3) is 0 Å². The van der Waals surface area contributed by atoms with E-state index in [2.05, 4.69) is 0 Å². The average molecular weight is 180 g/mol. The van der Waals surface area contributed by atoms with Gasteiger partial charge in [0.2, 0.25) is 0 Å². The minimum absolute atomic E-state index is 0. The molecule has 0 aliphatic heterocycles. The lowest BCUT2D eigenvalue weighted by molar-refractivity contribution is 0.823. The molecule has 0 saturated carbocycles. The van der Waals surface area contributed by atoms with Gasteiger partial charge in [-0.25, -0.2) is 0 Å². The molecule has 0 spiro atoms. The molecule has 0 atom stereocenters. The van der Waals surface area contributed by atoms with Crippen LogP contribution in [0.2, 0.25) is 0 Å². The first-order valence-electron chi connectivity index (χ1n) is 0. The van der Waals surface area contributed by atoms with Crippen molar-refractivity contribution < 1.29 is 16.4 Å². The Morgan fingerprint density at radius 2 is 0.429 bits per heavy atom. The normalized spacial score (nSPS) is 0. The van der Waals surface area contributed by atoms with Gasteiger partial charge in [0.1, 0.15) is 0 Å². The molecular weight excluding hydrogens is 168 g/mol. The van der Waals surface area contributed by atoms with E-state index in [0.717, 1.165) is 0 Å². The van der Waals surface area contributed by atoms with Crippen LogP contribution in [0.15, 0.2) is 0 Å². The van der Waals surface area contributed by atoms with Crippen LogP contribution in [-0.2, 0) is 0 Å². The van der Waals surface area contributed by atoms with Gasteiger partial charge in [0.05, 0.1) is 0 Å². The molecule has 0 rings (SSSR count). The Balaban J connectivity index is 0. The van der Waals surface area contributed by atoms with E-state index < -0.39 is 0 Å². The summed E-state index contributed by atoms with van der Waals surface area (Å²) in [7, 11) is 0. The second-order valence-electron chi connectivity index (χ2n) is 0. The van der Waals surface area contributed by atoms with Crippen LogP contribution in [0.3, 0.4) is 0 Å². The molecule has 0 saturated heterocycles. The first-order chi connectivity index (χ1) is 0. The number of hydrogen-bond acceptors (Lipinski definition) is 1. The highest BCUT2D eigenvalue weighted by molar-refractivity contribution is 5.86. The summed E-state index contributed by atoms with van der Waals surface area (Å²) in [6.07, 6.45) is 0. The van der Waals surface area contributed by atoms with Gasteiger partial charge in [-0.1, -0.05) is 0 Å². The van der Waals surface area contributed by atoms with Crippen LogP contribution >= 0.6 is 37.2 Å². The molecule has 0 fully saturated rings. The molecule has 0 aromatic heterocycles. The summed E-state index contributed by atoms with van der Waals surface area (Å²) in [5, 5.41) is 0. The second kappa shape index (κ2) is 434. The molecule has 0 aromatic rings. The SMILES string of the molecule is Cl.Cl.Cl.N.O.O.O. The molecule has 4 nitrogen and oxygen atoms in total. The van der Waals surface area contributed by atoms with Gasteiger partial charge >= 0.3 is 0 Å². The number of rotatable bonds is 0. The first kappa shape index (κ1) is 689. The van der Waals surface area contributed by atoms with Crippen LogP contribution in [0.4, 0.5) is 0 Å². The van der Waals surface area contributed by atoms with Crippen LogP contribution in [0.1, 0.15) is 0 Å². The molecule has 0 heterocycles. The lowest BCUT2D eigenvalue weighted by atomic mass is 14.0. The summed E-state index contributed by atoms with van der Waals surface area (Å²) in [6.45, 7) is 0. The van der Waals surface area contributed by atoms with E-state index in [-0.39, 0.29) is 59.8 Å². The minimum atomic E-state index is 0. The molecule has 0 bridgehead atoms. The van der Waals surface area contributed by atoms with E-state index in [1.54, 1.807) is 0 Å². The zero-order valence-corrected chi connectivity index (χ0v) is 5.88. The van der Waals surface area contributed by atoms with Gasteiger partial charge in [-0.3, -0.25) is 0 Å². The molecule has 0 aliphatic rings. The van der Waals surface area contributed by atoms with Gasteiger partial charge in [-0.15, -0.1) is 37.2 Å². The number of hydrogen-bond donors (Lipinski definition) is 1. The zero-order chi connectivity index (χ0) is 0. The van der Waals surface area contributed by atoms with Crippen molar-refractivity contribution in [1.82, 2.24) is 6.15 Å². The third-order valence-corrected chi connectivity index (χ3v) is 0. The molecule has 0 amide bonds. The monoisotopic (exact) mass is 179 g/mol. The van der Waals surface area contributed by atoms with Crippen LogP contribution < -0.4 is 6.15 Å². The maximum Gasteiger partial charge on any atom is -0.147 e. The summed E-state index contributed by atoms with van der Waals surface area (Å²) in [6, 6.07) is 0. The highest BCUT2D eigenvalue weighted by atomic mass is 35.5. The quantitative estimate of drug-likeness (QED) is 0.501. The van der Waals surface area contributed by atoms with Gasteiger partial charge in [0, 0.05) is 0 Å².